The van der Waals surface area contributed by atoms with Crippen LogP contribution in [-0.2, 0) is 4.79 Å². The fourth-order valence-electron chi connectivity index (χ4n) is 1.70. The van der Waals surface area contributed by atoms with E-state index < -0.39 is 36.9 Å². The van der Waals surface area contributed by atoms with E-state index in [9.17, 15) is 20.1 Å². The number of carbonyl (C=O) groups is 1. The molecule has 0 aromatic rings. The van der Waals surface area contributed by atoms with Gasteiger partial charge in [-0.05, 0) is 11.5 Å². The molecule has 0 bridgehead atoms. The number of carbonyl (C=O) groups excluding carboxylic acids is 1. The molecule has 5 N–H and O–H groups in total. The molecule has 0 aliphatic heterocycles. The fraction of sp³-hybridized carbons (Fsp3) is 0.917. The van der Waals surface area contributed by atoms with Crippen molar-refractivity contribution in [2.24, 2.45) is 0 Å². The van der Waals surface area contributed by atoms with Gasteiger partial charge in [0.05, 0.1) is 23.3 Å². The minimum Gasteiger partial charge on any atom is -0.394 e. The molecule has 6 nitrogen and oxygen atoms in total. The normalized spacial score (nSPS) is 17.6. The van der Waals surface area contributed by atoms with E-state index in [0.29, 0.717) is 0 Å². The van der Waals surface area contributed by atoms with E-state index >= 15 is 0 Å². The third-order valence-corrected chi connectivity index (χ3v) is 5.33. The van der Waals surface area contributed by atoms with Crippen molar-refractivity contribution in [1.29, 1.82) is 0 Å². The van der Waals surface area contributed by atoms with Crippen LogP contribution in [-0.4, -0.2) is 73.4 Å². The highest BCUT2D eigenvalue weighted by molar-refractivity contribution is 8.17. The summed E-state index contributed by atoms with van der Waals surface area (Å²) in [7, 11) is 0. The minimum absolute atomic E-state index is 0.234. The van der Waals surface area contributed by atoms with E-state index in [-0.39, 0.29) is 4.58 Å². The molecule has 0 rings (SSSR count). The van der Waals surface area contributed by atoms with Crippen molar-refractivity contribution in [3.8, 4) is 0 Å². The van der Waals surface area contributed by atoms with Crippen LogP contribution in [0.3, 0.4) is 0 Å². The molecular weight excluding hydrogens is 302 g/mol. The molecule has 0 radical (unpaired) electrons. The van der Waals surface area contributed by atoms with Gasteiger partial charge in [0.15, 0.2) is 0 Å². The van der Waals surface area contributed by atoms with E-state index in [0.717, 1.165) is 11.5 Å². The highest BCUT2D eigenvalue weighted by Crippen LogP contribution is 2.29. The molecule has 0 aromatic carbocycles. The topological polar surface area (TPSA) is 110 Å². The smallest absolute Gasteiger partial charge is 0.217 e. The summed E-state index contributed by atoms with van der Waals surface area (Å²) in [6.45, 7) is 4.53. The second-order valence-corrected chi connectivity index (χ2v) is 7.37. The molecule has 0 aliphatic rings. The number of rotatable bonds is 10. The maximum atomic E-state index is 11.2. The second kappa shape index (κ2) is 10.7. The van der Waals surface area contributed by atoms with Gasteiger partial charge in [0.2, 0.25) is 5.91 Å². The van der Waals surface area contributed by atoms with Crippen molar-refractivity contribution in [2.45, 2.75) is 49.7 Å². The van der Waals surface area contributed by atoms with Crippen LogP contribution >= 0.6 is 23.5 Å². The first-order valence-corrected chi connectivity index (χ1v) is 8.64. The Morgan fingerprint density at radius 1 is 1.10 bits per heavy atom. The number of hydrogen-bond acceptors (Lipinski definition) is 7. The number of aliphatic hydroxyl groups excluding tert-OH is 4. The number of hydrogen-bond donors (Lipinski definition) is 5. The quantitative estimate of drug-likeness (QED) is 0.341. The largest absolute Gasteiger partial charge is 0.394 e. The summed E-state index contributed by atoms with van der Waals surface area (Å²) < 4.78 is -0.234. The Kier molecular flexibility index (Phi) is 10.7. The summed E-state index contributed by atoms with van der Waals surface area (Å²) in [5, 5.41) is 41.2. The van der Waals surface area contributed by atoms with Crippen LogP contribution in [0, 0.1) is 0 Å². The van der Waals surface area contributed by atoms with Crippen molar-refractivity contribution in [3.63, 3.8) is 0 Å². The number of amides is 1. The monoisotopic (exact) mass is 327 g/mol. The lowest BCUT2D eigenvalue weighted by Gasteiger charge is -2.34. The van der Waals surface area contributed by atoms with Crippen molar-refractivity contribution in [3.05, 3.63) is 0 Å². The molecule has 20 heavy (non-hydrogen) atoms. The van der Waals surface area contributed by atoms with Gasteiger partial charge in [-0.25, -0.2) is 0 Å². The Bertz CT molecular complexity index is 277. The van der Waals surface area contributed by atoms with Gasteiger partial charge in [-0.3, -0.25) is 4.79 Å². The molecule has 0 aliphatic carbocycles. The average Bonchev–Trinajstić information content (AvgIpc) is 2.42. The average molecular weight is 327 g/mol. The highest BCUT2D eigenvalue weighted by Gasteiger charge is 2.36. The number of aliphatic hydroxyl groups is 4. The molecule has 4 atom stereocenters. The van der Waals surface area contributed by atoms with E-state index in [1.807, 2.05) is 13.8 Å². The van der Waals surface area contributed by atoms with E-state index in [1.54, 1.807) is 0 Å². The number of nitrogens with one attached hydrogen (secondary N) is 1. The number of thioether (sulfide) groups is 2. The first-order valence-electron chi connectivity index (χ1n) is 6.54. The third kappa shape index (κ3) is 6.64. The van der Waals surface area contributed by atoms with Crippen molar-refractivity contribution in [2.75, 3.05) is 18.1 Å². The van der Waals surface area contributed by atoms with Gasteiger partial charge in [-0.15, -0.1) is 23.5 Å². The standard InChI is InChI=1S/C12H25NO5S2/c1-4-19-12(20-5-2)11(18)9(13-7(3)15)10(17)8(16)6-14/h8-12,14,16-18H,4-6H2,1-3H3,(H,13,15)/t8-,9-,10-,11-/m1/s1. The van der Waals surface area contributed by atoms with Gasteiger partial charge in [-0.2, -0.15) is 0 Å². The van der Waals surface area contributed by atoms with Gasteiger partial charge in [0, 0.05) is 6.92 Å². The summed E-state index contributed by atoms with van der Waals surface area (Å²) in [5.74, 6) is 1.14. The molecule has 0 heterocycles. The second-order valence-electron chi connectivity index (χ2n) is 4.24. The van der Waals surface area contributed by atoms with Crippen LogP contribution in [0.5, 0.6) is 0 Å². The summed E-state index contributed by atoms with van der Waals surface area (Å²) in [6, 6.07) is -1.03. The van der Waals surface area contributed by atoms with Crippen molar-refractivity contribution in [1.82, 2.24) is 5.32 Å². The summed E-state index contributed by atoms with van der Waals surface area (Å²) in [5.41, 5.74) is 0. The predicted molar refractivity (Wildman–Crippen MR) is 82.8 cm³/mol. The van der Waals surface area contributed by atoms with E-state index in [1.165, 1.54) is 30.4 Å². The lowest BCUT2D eigenvalue weighted by Crippen LogP contribution is -2.57. The van der Waals surface area contributed by atoms with Crippen molar-refractivity contribution < 1.29 is 25.2 Å². The van der Waals surface area contributed by atoms with Gasteiger partial charge < -0.3 is 25.7 Å². The molecule has 0 fully saturated rings. The summed E-state index contributed by atoms with van der Waals surface area (Å²) in [6.07, 6.45) is -3.89. The van der Waals surface area contributed by atoms with Crippen LogP contribution in [0.25, 0.3) is 0 Å². The summed E-state index contributed by atoms with van der Waals surface area (Å²) in [4.78, 5) is 11.2. The predicted octanol–water partition coefficient (Wildman–Crippen LogP) is -0.602. The summed E-state index contributed by atoms with van der Waals surface area (Å²) >= 11 is 3.02. The SMILES string of the molecule is CCSC(SCC)[C@H](O)[C@H](NC(C)=O)[C@H](O)[C@H](O)CO. The Morgan fingerprint density at radius 3 is 1.95 bits per heavy atom. The Hall–Kier alpha value is 0.01000. The van der Waals surface area contributed by atoms with Gasteiger partial charge in [0.25, 0.3) is 0 Å². The maximum absolute atomic E-state index is 11.2. The van der Waals surface area contributed by atoms with Crippen LogP contribution in [0.2, 0.25) is 0 Å². The highest BCUT2D eigenvalue weighted by atomic mass is 32.2. The van der Waals surface area contributed by atoms with Gasteiger partial charge in [0.1, 0.15) is 12.2 Å². The fourth-order valence-corrected chi connectivity index (χ4v) is 4.29. The maximum Gasteiger partial charge on any atom is 0.217 e. The van der Waals surface area contributed by atoms with Crippen LogP contribution in [0.1, 0.15) is 20.8 Å². The molecule has 8 heteroatoms. The minimum atomic E-state index is -1.43. The zero-order valence-corrected chi connectivity index (χ0v) is 13.7. The van der Waals surface area contributed by atoms with Crippen LogP contribution in [0.15, 0.2) is 0 Å². The molecule has 0 unspecified atom stereocenters. The Labute approximate surface area is 128 Å². The van der Waals surface area contributed by atoms with Gasteiger partial charge in [-0.1, -0.05) is 13.8 Å². The Morgan fingerprint density at radius 2 is 1.60 bits per heavy atom. The van der Waals surface area contributed by atoms with E-state index in [2.05, 4.69) is 5.32 Å². The van der Waals surface area contributed by atoms with Gasteiger partial charge >= 0.3 is 0 Å². The molecular formula is C12H25NO5S2. The van der Waals surface area contributed by atoms with Crippen LogP contribution < -0.4 is 5.32 Å². The molecule has 0 saturated heterocycles. The lowest BCUT2D eigenvalue weighted by atomic mass is 10.0. The first-order chi connectivity index (χ1) is 9.38. The third-order valence-electron chi connectivity index (χ3n) is 2.63. The van der Waals surface area contributed by atoms with Crippen LogP contribution in [0.4, 0.5) is 0 Å². The Balaban J connectivity index is 5.01. The zero-order valence-electron chi connectivity index (χ0n) is 12.0. The first kappa shape index (κ1) is 20.0. The molecule has 0 aromatic heterocycles. The molecule has 1 amide bonds. The molecule has 120 valence electrons. The van der Waals surface area contributed by atoms with Crippen molar-refractivity contribution >= 4 is 29.4 Å². The van der Waals surface area contributed by atoms with E-state index in [4.69, 9.17) is 5.11 Å². The molecule has 0 saturated carbocycles. The lowest BCUT2D eigenvalue weighted by molar-refractivity contribution is -0.123. The zero-order chi connectivity index (χ0) is 15.7. The molecule has 0 spiro atoms.